The molecule has 3 aromatic carbocycles. The maximum Gasteiger partial charge on any atom is 0.250 e. The molecule has 7 nitrogen and oxygen atoms in total. The van der Waals surface area contributed by atoms with Gasteiger partial charge in [0, 0.05) is 42.4 Å². The van der Waals surface area contributed by atoms with E-state index in [2.05, 4.69) is 15.1 Å². The average Bonchev–Trinajstić information content (AvgIpc) is 3.40. The average molecular weight is 524 g/mol. The number of anilines is 1. The Kier molecular flexibility index (Phi) is 6.08. The van der Waals surface area contributed by atoms with Crippen LogP contribution in [0.1, 0.15) is 22.6 Å². The van der Waals surface area contributed by atoms with E-state index in [4.69, 9.17) is 9.47 Å². The van der Waals surface area contributed by atoms with Crippen LogP contribution >= 0.6 is 0 Å². The molecule has 1 N–H and O–H groups in total. The van der Waals surface area contributed by atoms with E-state index >= 15 is 4.79 Å². The molecule has 0 unspecified atom stereocenters. The molecule has 3 aromatic rings. The second kappa shape index (κ2) is 9.36. The summed E-state index contributed by atoms with van der Waals surface area (Å²) >= 11 is 0. The summed E-state index contributed by atoms with van der Waals surface area (Å²) in [5.41, 5.74) is 2.05. The number of fused-ring (bicyclic) bond motifs is 3. The summed E-state index contributed by atoms with van der Waals surface area (Å²) in [4.78, 5) is 33.6. The Hall–Kier alpha value is -3.94. The van der Waals surface area contributed by atoms with Gasteiger partial charge in [0.05, 0.1) is 19.6 Å². The van der Waals surface area contributed by atoms with Crippen molar-refractivity contribution in [3.8, 4) is 11.5 Å². The Morgan fingerprint density at radius 3 is 2.21 bits per heavy atom. The maximum absolute atomic E-state index is 15.0. The molecule has 2 fully saturated rings. The molecular formula is C32H33N3O4. The highest BCUT2D eigenvalue weighted by Gasteiger charge is 2.74. The third-order valence-corrected chi connectivity index (χ3v) is 8.79. The lowest BCUT2D eigenvalue weighted by Gasteiger charge is -2.50. The first kappa shape index (κ1) is 25.3. The summed E-state index contributed by atoms with van der Waals surface area (Å²) in [6, 6.07) is 23.4. The summed E-state index contributed by atoms with van der Waals surface area (Å²) in [5, 5.41) is 3.13. The van der Waals surface area contributed by atoms with Gasteiger partial charge in [-0.3, -0.25) is 14.5 Å². The molecule has 7 heteroatoms. The van der Waals surface area contributed by atoms with E-state index < -0.39 is 11.0 Å². The first-order valence-electron chi connectivity index (χ1n) is 13.2. The Labute approximate surface area is 229 Å². The zero-order chi connectivity index (χ0) is 27.4. The lowest BCUT2D eigenvalue weighted by molar-refractivity contribution is -0.146. The summed E-state index contributed by atoms with van der Waals surface area (Å²) in [6.45, 7) is 1.52. The molecule has 0 bridgehead atoms. The van der Waals surface area contributed by atoms with Crippen molar-refractivity contribution in [2.75, 3.05) is 53.3 Å². The Balaban J connectivity index is 1.58. The van der Waals surface area contributed by atoms with E-state index in [0.717, 1.165) is 33.9 Å². The minimum Gasteiger partial charge on any atom is -0.497 e. The lowest BCUT2D eigenvalue weighted by atomic mass is 9.56. The molecule has 3 atom stereocenters. The van der Waals surface area contributed by atoms with E-state index in [1.807, 2.05) is 93.0 Å². The fraction of sp³-hybridized carbons (Fsp3) is 0.312. The molecular weight excluding hydrogens is 490 g/mol. The molecule has 3 heterocycles. The zero-order valence-corrected chi connectivity index (χ0v) is 22.7. The van der Waals surface area contributed by atoms with Crippen LogP contribution in [0.3, 0.4) is 0 Å². The molecule has 0 aliphatic carbocycles. The van der Waals surface area contributed by atoms with Gasteiger partial charge in [0.2, 0.25) is 0 Å². The fourth-order valence-corrected chi connectivity index (χ4v) is 7.21. The Bertz CT molecular complexity index is 1470. The fourth-order valence-electron chi connectivity index (χ4n) is 7.21. The molecule has 0 aromatic heterocycles. The van der Waals surface area contributed by atoms with Gasteiger partial charge in [0.25, 0.3) is 5.91 Å². The topological polar surface area (TPSA) is 71.1 Å². The van der Waals surface area contributed by atoms with Crippen molar-refractivity contribution in [1.29, 1.82) is 0 Å². The number of carbonyl (C=O) groups excluding carboxylic acids is 2. The van der Waals surface area contributed by atoms with Gasteiger partial charge in [-0.2, -0.15) is 0 Å². The number of likely N-dealkylation sites (tertiary alicyclic amines) is 2. The van der Waals surface area contributed by atoms with Gasteiger partial charge in [-0.25, -0.2) is 0 Å². The number of Topliss-reactive ketones (excluding diaryl/α,β-unsaturated/α-hetero) is 1. The van der Waals surface area contributed by atoms with Crippen molar-refractivity contribution in [3.63, 3.8) is 0 Å². The second-order valence-electron chi connectivity index (χ2n) is 10.8. The van der Waals surface area contributed by atoms with E-state index in [1.165, 1.54) is 0 Å². The van der Waals surface area contributed by atoms with Crippen LogP contribution in [0.15, 0.2) is 78.4 Å². The smallest absolute Gasteiger partial charge is 0.250 e. The lowest BCUT2D eigenvalue weighted by Crippen LogP contribution is -2.65. The molecule has 39 heavy (non-hydrogen) atoms. The van der Waals surface area contributed by atoms with Crippen molar-refractivity contribution in [2.24, 2.45) is 5.41 Å². The normalized spacial score (nSPS) is 27.8. The van der Waals surface area contributed by atoms with Crippen LogP contribution in [-0.4, -0.2) is 69.4 Å². The number of nitrogens with one attached hydrogen (secondary N) is 1. The van der Waals surface area contributed by atoms with Gasteiger partial charge in [-0.15, -0.1) is 0 Å². The van der Waals surface area contributed by atoms with Crippen LogP contribution in [-0.2, 0) is 15.1 Å². The van der Waals surface area contributed by atoms with Gasteiger partial charge in [0.15, 0.2) is 5.78 Å². The summed E-state index contributed by atoms with van der Waals surface area (Å²) in [5.74, 6) is 1.17. The molecule has 6 rings (SSSR count). The number of likely N-dealkylation sites (N-methyl/N-ethyl adjacent to an activating group) is 2. The summed E-state index contributed by atoms with van der Waals surface area (Å²) in [7, 11) is 7.29. The molecule has 3 aliphatic heterocycles. The number of methoxy groups -OCH3 is 2. The van der Waals surface area contributed by atoms with Gasteiger partial charge in [0.1, 0.15) is 17.0 Å². The van der Waals surface area contributed by atoms with Gasteiger partial charge >= 0.3 is 0 Å². The second-order valence-corrected chi connectivity index (χ2v) is 10.8. The van der Waals surface area contributed by atoms with Crippen molar-refractivity contribution in [3.05, 3.63) is 95.1 Å². The number of amides is 1. The summed E-state index contributed by atoms with van der Waals surface area (Å²) in [6.07, 6.45) is 1.97. The molecule has 2 spiro atoms. The highest BCUT2D eigenvalue weighted by molar-refractivity contribution is 6.15. The molecule has 1 amide bonds. The van der Waals surface area contributed by atoms with Crippen molar-refractivity contribution < 1.29 is 19.1 Å². The van der Waals surface area contributed by atoms with E-state index in [9.17, 15) is 4.79 Å². The maximum atomic E-state index is 15.0. The third kappa shape index (κ3) is 3.57. The van der Waals surface area contributed by atoms with Crippen LogP contribution in [0.25, 0.3) is 6.08 Å². The zero-order valence-electron chi connectivity index (χ0n) is 22.7. The van der Waals surface area contributed by atoms with Crippen LogP contribution in [0.5, 0.6) is 11.5 Å². The minimum absolute atomic E-state index is 0.0217. The highest BCUT2D eigenvalue weighted by atomic mass is 16.5. The van der Waals surface area contributed by atoms with Crippen LogP contribution < -0.4 is 14.8 Å². The standard InChI is InChI=1S/C32H33N3O4/c1-34-18-23(17-21-9-13-24(38-3)14-10-21)29(36)31(20-34)27(22-11-15-25(39-4)16-12-22)19-35(2)32(31)26-7-5-6-8-28(26)33-30(32)37/h5-17,27H,18-20H2,1-4H3,(H,33,37)/b23-17+/t27-,31+,32+/m1/s1. The molecule has 0 saturated carbocycles. The Morgan fingerprint density at radius 2 is 1.54 bits per heavy atom. The van der Waals surface area contributed by atoms with Crippen LogP contribution in [0, 0.1) is 5.41 Å². The molecule has 0 radical (unpaired) electrons. The molecule has 2 saturated heterocycles. The van der Waals surface area contributed by atoms with Gasteiger partial charge < -0.3 is 19.7 Å². The van der Waals surface area contributed by atoms with Gasteiger partial charge in [-0.05, 0) is 61.6 Å². The van der Waals surface area contributed by atoms with Gasteiger partial charge in [-0.1, -0.05) is 42.5 Å². The number of ether oxygens (including phenoxy) is 2. The predicted molar refractivity (Wildman–Crippen MR) is 151 cm³/mol. The van der Waals surface area contributed by atoms with E-state index in [-0.39, 0.29) is 17.6 Å². The quantitative estimate of drug-likeness (QED) is 0.518. The number of hydrogen-bond acceptors (Lipinski definition) is 6. The number of piperidine rings is 1. The number of rotatable bonds is 4. The SMILES string of the molecule is COc1ccc(/C=C2\CN(C)C[C@@]3(C2=O)[C@@H](c2ccc(OC)cc2)CN(C)[C@@]32C(=O)Nc3ccccc32)cc1. The first-order chi connectivity index (χ1) is 18.8. The molecule has 200 valence electrons. The largest absolute Gasteiger partial charge is 0.497 e. The number of ketones is 1. The number of hydrogen-bond donors (Lipinski definition) is 1. The van der Waals surface area contributed by atoms with Crippen molar-refractivity contribution in [2.45, 2.75) is 11.5 Å². The molecule has 3 aliphatic rings. The highest BCUT2D eigenvalue weighted by Crippen LogP contribution is 2.64. The predicted octanol–water partition coefficient (Wildman–Crippen LogP) is 4.16. The minimum atomic E-state index is -1.15. The third-order valence-electron chi connectivity index (χ3n) is 8.79. The van der Waals surface area contributed by atoms with Crippen LogP contribution in [0.2, 0.25) is 0 Å². The summed E-state index contributed by atoms with van der Waals surface area (Å²) < 4.78 is 10.7. The van der Waals surface area contributed by atoms with E-state index in [1.54, 1.807) is 14.2 Å². The number of carbonyl (C=O) groups is 2. The van der Waals surface area contributed by atoms with Crippen molar-refractivity contribution >= 4 is 23.5 Å². The number of para-hydroxylation sites is 1. The number of benzene rings is 3. The van der Waals surface area contributed by atoms with E-state index in [0.29, 0.717) is 25.2 Å². The Morgan fingerprint density at radius 1 is 0.897 bits per heavy atom. The van der Waals surface area contributed by atoms with Crippen LogP contribution in [0.4, 0.5) is 5.69 Å². The van der Waals surface area contributed by atoms with Crippen molar-refractivity contribution in [1.82, 2.24) is 9.80 Å². The number of nitrogens with zero attached hydrogens (tertiary/aromatic N) is 2. The first-order valence-corrected chi connectivity index (χ1v) is 13.2. The monoisotopic (exact) mass is 523 g/mol.